The maximum Gasteiger partial charge on any atom is 0.344 e. The molecule has 0 heterocycles. The molecule has 0 saturated heterocycles. The van der Waals surface area contributed by atoms with Crippen LogP contribution in [0.5, 0.6) is 17.2 Å². The lowest BCUT2D eigenvalue weighted by Gasteiger charge is -2.09. The van der Waals surface area contributed by atoms with Crippen LogP contribution in [0.3, 0.4) is 0 Å². The largest absolute Gasteiger partial charge is 0.482 e. The van der Waals surface area contributed by atoms with Crippen LogP contribution in [0.25, 0.3) is 0 Å². The van der Waals surface area contributed by atoms with Crippen LogP contribution >= 0.6 is 0 Å². The van der Waals surface area contributed by atoms with Crippen LogP contribution in [0.4, 0.5) is 0 Å². The molecule has 0 N–H and O–H groups in total. The van der Waals surface area contributed by atoms with Gasteiger partial charge in [0.15, 0.2) is 13.2 Å². The predicted octanol–water partition coefficient (Wildman–Crippen LogP) is 2.42. The second kappa shape index (κ2) is 13.5. The Bertz CT molecular complexity index is 859. The summed E-state index contributed by atoms with van der Waals surface area (Å²) in [5, 5.41) is 8.41. The smallest absolute Gasteiger partial charge is 0.344 e. The normalized spacial score (nSPS) is 9.94. The highest BCUT2D eigenvalue weighted by Gasteiger charge is 2.06. The Hall–Kier alpha value is -3.77. The number of rotatable bonds is 13. The maximum atomic E-state index is 11.6. The minimum atomic E-state index is -0.555. The van der Waals surface area contributed by atoms with Crippen LogP contribution in [0.1, 0.15) is 5.56 Å². The molecule has 2 rings (SSSR count). The van der Waals surface area contributed by atoms with Gasteiger partial charge in [0, 0.05) is 0 Å². The highest BCUT2D eigenvalue weighted by atomic mass is 16.6. The Balaban J connectivity index is 1.45. The molecule has 0 saturated carbocycles. The van der Waals surface area contributed by atoms with E-state index < -0.39 is 11.9 Å². The summed E-state index contributed by atoms with van der Waals surface area (Å²) >= 11 is 0. The van der Waals surface area contributed by atoms with Gasteiger partial charge in [0.2, 0.25) is 0 Å². The molecule has 0 aliphatic carbocycles. The summed E-state index contributed by atoms with van der Waals surface area (Å²) in [7, 11) is 0. The number of esters is 2. The van der Waals surface area contributed by atoms with Crippen molar-refractivity contribution in [3.63, 3.8) is 0 Å². The Kier molecular flexibility index (Phi) is 10.2. The van der Waals surface area contributed by atoms with Gasteiger partial charge in [0.1, 0.15) is 30.5 Å². The van der Waals surface area contributed by atoms with E-state index in [1.165, 1.54) is 0 Å². The standard InChI is InChI=1S/C22H23NO8/c1-17-2-4-18(5-3-17)29-14-21(24)27-12-10-26-11-13-28-22(25)15-30-19-6-8-20(9-7-19)31-16-23/h2-9H,10-15H2,1H3. The average Bonchev–Trinajstić information content (AvgIpc) is 2.78. The lowest BCUT2D eigenvalue weighted by molar-refractivity contribution is -0.149. The monoisotopic (exact) mass is 429 g/mol. The number of nitriles is 1. The molecule has 0 aliphatic heterocycles. The van der Waals surface area contributed by atoms with Gasteiger partial charge in [-0.25, -0.2) is 9.59 Å². The van der Waals surface area contributed by atoms with Gasteiger partial charge in [-0.15, -0.1) is 5.26 Å². The van der Waals surface area contributed by atoms with Gasteiger partial charge in [0.25, 0.3) is 6.26 Å². The van der Waals surface area contributed by atoms with Gasteiger partial charge in [-0.3, -0.25) is 0 Å². The first-order chi connectivity index (χ1) is 15.1. The Morgan fingerprint density at radius 2 is 1.19 bits per heavy atom. The van der Waals surface area contributed by atoms with Crippen molar-refractivity contribution >= 4 is 11.9 Å². The predicted molar refractivity (Wildman–Crippen MR) is 108 cm³/mol. The van der Waals surface area contributed by atoms with Gasteiger partial charge in [-0.2, -0.15) is 0 Å². The van der Waals surface area contributed by atoms with E-state index in [-0.39, 0.29) is 39.6 Å². The molecule has 0 atom stereocenters. The molecule has 2 aromatic rings. The fourth-order valence-electron chi connectivity index (χ4n) is 2.19. The van der Waals surface area contributed by atoms with Gasteiger partial charge in [0.05, 0.1) is 13.2 Å². The summed E-state index contributed by atoms with van der Waals surface area (Å²) in [4.78, 5) is 23.2. The average molecular weight is 429 g/mol. The molecule has 9 heteroatoms. The second-order valence-corrected chi connectivity index (χ2v) is 6.11. The van der Waals surface area contributed by atoms with E-state index in [2.05, 4.69) is 4.74 Å². The maximum absolute atomic E-state index is 11.6. The fraction of sp³-hybridized carbons (Fsp3) is 0.318. The van der Waals surface area contributed by atoms with E-state index in [9.17, 15) is 9.59 Å². The second-order valence-electron chi connectivity index (χ2n) is 6.11. The number of hydrogen-bond donors (Lipinski definition) is 0. The Labute approximate surface area is 180 Å². The molecule has 0 bridgehead atoms. The zero-order valence-corrected chi connectivity index (χ0v) is 17.1. The van der Waals surface area contributed by atoms with E-state index in [1.807, 2.05) is 19.1 Å². The van der Waals surface area contributed by atoms with Gasteiger partial charge >= 0.3 is 11.9 Å². The molecule has 31 heavy (non-hydrogen) atoms. The number of aryl methyl sites for hydroxylation is 1. The molecule has 2 aromatic carbocycles. The Morgan fingerprint density at radius 3 is 1.68 bits per heavy atom. The Morgan fingerprint density at radius 1 is 0.742 bits per heavy atom. The molecule has 0 amide bonds. The summed E-state index contributed by atoms with van der Waals surface area (Å²) in [6, 6.07) is 13.5. The van der Waals surface area contributed by atoms with Crippen molar-refractivity contribution in [2.75, 3.05) is 39.6 Å². The summed E-state index contributed by atoms with van der Waals surface area (Å²) in [5.74, 6) is 0.348. The molecule has 0 spiro atoms. The van der Waals surface area contributed by atoms with Crippen molar-refractivity contribution in [3.8, 4) is 23.5 Å². The summed E-state index contributed by atoms with van der Waals surface area (Å²) < 4.78 is 30.4. The number of nitrogens with zero attached hydrogens (tertiary/aromatic N) is 1. The first kappa shape index (κ1) is 23.5. The summed E-state index contributed by atoms with van der Waals surface area (Å²) in [5.41, 5.74) is 1.10. The van der Waals surface area contributed by atoms with Gasteiger partial charge in [-0.1, -0.05) is 17.7 Å². The van der Waals surface area contributed by atoms with Crippen LogP contribution in [-0.4, -0.2) is 51.6 Å². The minimum Gasteiger partial charge on any atom is -0.482 e. The quantitative estimate of drug-likeness (QED) is 0.269. The molecule has 9 nitrogen and oxygen atoms in total. The number of carbonyl (C=O) groups is 2. The fourth-order valence-corrected chi connectivity index (χ4v) is 2.19. The highest BCUT2D eigenvalue weighted by molar-refractivity contribution is 5.71. The van der Waals surface area contributed by atoms with Crippen molar-refractivity contribution in [2.24, 2.45) is 0 Å². The topological polar surface area (TPSA) is 113 Å². The molecular weight excluding hydrogens is 406 g/mol. The van der Waals surface area contributed by atoms with Gasteiger partial charge in [-0.05, 0) is 43.3 Å². The lowest BCUT2D eigenvalue weighted by atomic mass is 10.2. The highest BCUT2D eigenvalue weighted by Crippen LogP contribution is 2.17. The number of carbonyl (C=O) groups excluding carboxylic acids is 2. The minimum absolute atomic E-state index is 0.0433. The molecule has 0 radical (unpaired) electrons. The molecular formula is C22H23NO8. The van der Waals surface area contributed by atoms with E-state index in [4.69, 9.17) is 28.9 Å². The van der Waals surface area contributed by atoms with Crippen LogP contribution in [0.15, 0.2) is 48.5 Å². The van der Waals surface area contributed by atoms with E-state index in [1.54, 1.807) is 42.7 Å². The van der Waals surface area contributed by atoms with Crippen LogP contribution in [0, 0.1) is 18.4 Å². The van der Waals surface area contributed by atoms with E-state index >= 15 is 0 Å². The van der Waals surface area contributed by atoms with Crippen molar-refractivity contribution in [2.45, 2.75) is 6.92 Å². The number of ether oxygens (including phenoxy) is 6. The molecule has 0 unspecified atom stereocenters. The first-order valence-corrected chi connectivity index (χ1v) is 9.44. The summed E-state index contributed by atoms with van der Waals surface area (Å²) in [6.45, 7) is 1.94. The SMILES string of the molecule is Cc1ccc(OCC(=O)OCCOCCOC(=O)COc2ccc(OC#N)cc2)cc1. The third-order valence-corrected chi connectivity index (χ3v) is 3.70. The number of hydrogen-bond acceptors (Lipinski definition) is 9. The van der Waals surface area contributed by atoms with Crippen LogP contribution < -0.4 is 14.2 Å². The van der Waals surface area contributed by atoms with Crippen molar-refractivity contribution in [1.29, 1.82) is 5.26 Å². The molecule has 0 fully saturated rings. The number of benzene rings is 2. The van der Waals surface area contributed by atoms with Crippen LogP contribution in [0.2, 0.25) is 0 Å². The van der Waals surface area contributed by atoms with Crippen LogP contribution in [-0.2, 0) is 23.8 Å². The van der Waals surface area contributed by atoms with Crippen molar-refractivity contribution < 1.29 is 38.0 Å². The molecule has 0 aromatic heterocycles. The van der Waals surface area contributed by atoms with Crippen molar-refractivity contribution in [1.82, 2.24) is 0 Å². The third-order valence-electron chi connectivity index (χ3n) is 3.70. The molecule has 164 valence electrons. The van der Waals surface area contributed by atoms with Gasteiger partial charge < -0.3 is 28.4 Å². The lowest BCUT2D eigenvalue weighted by Crippen LogP contribution is -2.20. The molecule has 0 aliphatic rings. The third kappa shape index (κ3) is 10.0. The van der Waals surface area contributed by atoms with Crippen molar-refractivity contribution in [3.05, 3.63) is 54.1 Å². The first-order valence-electron chi connectivity index (χ1n) is 9.44. The zero-order valence-electron chi connectivity index (χ0n) is 17.1. The zero-order chi connectivity index (χ0) is 22.3. The van der Waals surface area contributed by atoms with E-state index in [0.29, 0.717) is 17.2 Å². The summed E-state index contributed by atoms with van der Waals surface area (Å²) in [6.07, 6.45) is 1.56. The van der Waals surface area contributed by atoms with E-state index in [0.717, 1.165) is 5.56 Å².